The van der Waals surface area contributed by atoms with Crippen molar-refractivity contribution in [2.45, 2.75) is 6.92 Å². The number of halogens is 1. The number of primary amides is 1. The van der Waals surface area contributed by atoms with Crippen molar-refractivity contribution in [3.63, 3.8) is 0 Å². The SMILES string of the molecule is Cc1nc(Cl)ncc1C#CC(N)=O. The van der Waals surface area contributed by atoms with Gasteiger partial charge in [0.1, 0.15) is 0 Å². The van der Waals surface area contributed by atoms with E-state index in [1.165, 1.54) is 6.20 Å². The van der Waals surface area contributed by atoms with Crippen molar-refractivity contribution in [1.29, 1.82) is 0 Å². The Hall–Kier alpha value is -1.60. The zero-order valence-corrected chi connectivity index (χ0v) is 7.59. The standard InChI is InChI=1S/C8H6ClN3O/c1-5-6(2-3-7(10)13)4-11-8(9)12-5/h4H,1H3,(H2,10,13). The summed E-state index contributed by atoms with van der Waals surface area (Å²) in [5.41, 5.74) is 6.00. The maximum Gasteiger partial charge on any atom is 0.293 e. The third kappa shape index (κ3) is 2.73. The molecule has 0 aromatic carbocycles. The van der Waals surface area contributed by atoms with Gasteiger partial charge in [0, 0.05) is 12.1 Å². The Morgan fingerprint density at radius 2 is 2.38 bits per heavy atom. The molecule has 0 aliphatic carbocycles. The van der Waals surface area contributed by atoms with Gasteiger partial charge in [0.25, 0.3) is 5.91 Å². The van der Waals surface area contributed by atoms with Gasteiger partial charge in [-0.2, -0.15) is 0 Å². The van der Waals surface area contributed by atoms with Crippen LogP contribution in [0.25, 0.3) is 0 Å². The number of rotatable bonds is 0. The second kappa shape index (κ2) is 3.87. The molecule has 1 rings (SSSR count). The molecule has 2 N–H and O–H groups in total. The third-order valence-corrected chi connectivity index (χ3v) is 1.45. The van der Waals surface area contributed by atoms with E-state index in [2.05, 4.69) is 21.8 Å². The largest absolute Gasteiger partial charge is 0.359 e. The summed E-state index contributed by atoms with van der Waals surface area (Å²) >= 11 is 5.52. The monoisotopic (exact) mass is 195 g/mol. The highest BCUT2D eigenvalue weighted by Crippen LogP contribution is 2.05. The molecule has 1 aromatic heterocycles. The van der Waals surface area contributed by atoms with Crippen molar-refractivity contribution in [2.24, 2.45) is 5.73 Å². The molecule has 0 bridgehead atoms. The maximum atomic E-state index is 10.3. The van der Waals surface area contributed by atoms with Crippen LogP contribution in [0.5, 0.6) is 0 Å². The average Bonchev–Trinajstić information content (AvgIpc) is 2.02. The lowest BCUT2D eigenvalue weighted by atomic mass is 10.2. The van der Waals surface area contributed by atoms with Crippen LogP contribution >= 0.6 is 11.6 Å². The molecule has 66 valence electrons. The molecule has 0 aliphatic rings. The number of carbonyl (C=O) groups excluding carboxylic acids is 1. The van der Waals surface area contributed by atoms with Gasteiger partial charge in [0.2, 0.25) is 5.28 Å². The van der Waals surface area contributed by atoms with Crippen molar-refractivity contribution in [1.82, 2.24) is 9.97 Å². The number of carbonyl (C=O) groups is 1. The van der Waals surface area contributed by atoms with Gasteiger partial charge in [-0.1, -0.05) is 5.92 Å². The van der Waals surface area contributed by atoms with Crippen molar-refractivity contribution >= 4 is 17.5 Å². The van der Waals surface area contributed by atoms with E-state index >= 15 is 0 Å². The molecule has 1 amide bonds. The third-order valence-electron chi connectivity index (χ3n) is 1.27. The van der Waals surface area contributed by atoms with Gasteiger partial charge in [-0.3, -0.25) is 4.79 Å². The molecule has 0 spiro atoms. The molecule has 0 unspecified atom stereocenters. The lowest BCUT2D eigenvalue weighted by molar-refractivity contribution is -0.112. The number of aromatic nitrogens is 2. The van der Waals surface area contributed by atoms with E-state index in [-0.39, 0.29) is 5.28 Å². The Balaban J connectivity index is 3.05. The fraction of sp³-hybridized carbons (Fsp3) is 0.125. The van der Waals surface area contributed by atoms with Crippen LogP contribution in [0.2, 0.25) is 5.28 Å². The zero-order valence-electron chi connectivity index (χ0n) is 6.84. The smallest absolute Gasteiger partial charge is 0.293 e. The van der Waals surface area contributed by atoms with Gasteiger partial charge in [0.05, 0.1) is 11.3 Å². The summed E-state index contributed by atoms with van der Waals surface area (Å²) in [6.45, 7) is 1.72. The first-order valence-corrected chi connectivity index (χ1v) is 3.78. The summed E-state index contributed by atoms with van der Waals surface area (Å²) in [5, 5.41) is 0.155. The summed E-state index contributed by atoms with van der Waals surface area (Å²) in [6.07, 6.45) is 1.45. The minimum absolute atomic E-state index is 0.155. The minimum atomic E-state index is -0.686. The van der Waals surface area contributed by atoms with Crippen LogP contribution in [-0.2, 0) is 4.79 Å². The van der Waals surface area contributed by atoms with Gasteiger partial charge in [-0.15, -0.1) is 0 Å². The predicted molar refractivity (Wildman–Crippen MR) is 47.9 cm³/mol. The highest BCUT2D eigenvalue weighted by molar-refractivity contribution is 6.28. The van der Waals surface area contributed by atoms with Crippen LogP contribution < -0.4 is 5.73 Å². The van der Waals surface area contributed by atoms with Gasteiger partial charge >= 0.3 is 0 Å². The highest BCUT2D eigenvalue weighted by Gasteiger charge is 1.97. The maximum absolute atomic E-state index is 10.3. The lowest BCUT2D eigenvalue weighted by Gasteiger charge is -1.94. The lowest BCUT2D eigenvalue weighted by Crippen LogP contribution is -2.06. The molecular weight excluding hydrogens is 190 g/mol. The summed E-state index contributed by atoms with van der Waals surface area (Å²) in [4.78, 5) is 17.9. The van der Waals surface area contributed by atoms with E-state index in [9.17, 15) is 4.79 Å². The first kappa shape index (κ1) is 9.49. The molecule has 0 saturated heterocycles. The number of hydrogen-bond acceptors (Lipinski definition) is 3. The molecule has 4 nitrogen and oxygen atoms in total. The fourth-order valence-electron chi connectivity index (χ4n) is 0.690. The minimum Gasteiger partial charge on any atom is -0.359 e. The van der Waals surface area contributed by atoms with E-state index < -0.39 is 5.91 Å². The molecule has 0 atom stereocenters. The molecule has 1 heterocycles. The number of nitrogens with two attached hydrogens (primary N) is 1. The number of nitrogens with zero attached hydrogens (tertiary/aromatic N) is 2. The summed E-state index contributed by atoms with van der Waals surface area (Å²) < 4.78 is 0. The van der Waals surface area contributed by atoms with Crippen LogP contribution in [0, 0.1) is 18.8 Å². The normalized spacial score (nSPS) is 8.77. The van der Waals surface area contributed by atoms with Gasteiger partial charge < -0.3 is 5.73 Å². The Morgan fingerprint density at radius 3 is 2.92 bits per heavy atom. The second-order valence-electron chi connectivity index (χ2n) is 2.25. The second-order valence-corrected chi connectivity index (χ2v) is 2.59. The van der Waals surface area contributed by atoms with Crippen LogP contribution in [-0.4, -0.2) is 15.9 Å². The van der Waals surface area contributed by atoms with Crippen LogP contribution in [0.3, 0.4) is 0 Å². The van der Waals surface area contributed by atoms with E-state index in [1.807, 2.05) is 0 Å². The number of amides is 1. The Kier molecular flexibility index (Phi) is 2.83. The Bertz CT molecular complexity index is 406. The first-order chi connectivity index (χ1) is 6.09. The molecule has 13 heavy (non-hydrogen) atoms. The quantitative estimate of drug-likeness (QED) is 0.478. The van der Waals surface area contributed by atoms with Crippen LogP contribution in [0.1, 0.15) is 11.3 Å². The van der Waals surface area contributed by atoms with Gasteiger partial charge in [0.15, 0.2) is 0 Å². The van der Waals surface area contributed by atoms with Crippen molar-refractivity contribution in [2.75, 3.05) is 0 Å². The summed E-state index contributed by atoms with van der Waals surface area (Å²) in [6, 6.07) is 0. The van der Waals surface area contributed by atoms with Crippen molar-refractivity contribution in [3.8, 4) is 11.8 Å². The number of aryl methyl sites for hydroxylation is 1. The van der Waals surface area contributed by atoms with E-state index in [1.54, 1.807) is 6.92 Å². The molecule has 1 aromatic rings. The van der Waals surface area contributed by atoms with E-state index in [4.69, 9.17) is 17.3 Å². The molecule has 5 heteroatoms. The number of hydrogen-bond donors (Lipinski definition) is 1. The van der Waals surface area contributed by atoms with E-state index in [0.29, 0.717) is 11.3 Å². The Labute approximate surface area is 80.1 Å². The van der Waals surface area contributed by atoms with Crippen molar-refractivity contribution < 1.29 is 4.79 Å². The molecule has 0 saturated carbocycles. The van der Waals surface area contributed by atoms with Crippen LogP contribution in [0.4, 0.5) is 0 Å². The predicted octanol–water partition coefficient (Wildman–Crippen LogP) is 0.275. The fourth-order valence-corrected chi connectivity index (χ4v) is 0.866. The van der Waals surface area contributed by atoms with Crippen molar-refractivity contribution in [3.05, 3.63) is 22.7 Å². The topological polar surface area (TPSA) is 68.9 Å². The molecule has 0 aliphatic heterocycles. The van der Waals surface area contributed by atoms with Gasteiger partial charge in [-0.25, -0.2) is 9.97 Å². The first-order valence-electron chi connectivity index (χ1n) is 3.40. The highest BCUT2D eigenvalue weighted by atomic mass is 35.5. The van der Waals surface area contributed by atoms with Gasteiger partial charge in [-0.05, 0) is 18.5 Å². The molecular formula is C8H6ClN3O. The summed E-state index contributed by atoms with van der Waals surface area (Å²) in [5.74, 6) is 4.03. The van der Waals surface area contributed by atoms with Crippen LogP contribution in [0.15, 0.2) is 6.20 Å². The molecule has 0 radical (unpaired) electrons. The average molecular weight is 196 g/mol. The Morgan fingerprint density at radius 1 is 1.69 bits per heavy atom. The molecule has 0 fully saturated rings. The summed E-state index contributed by atoms with van der Waals surface area (Å²) in [7, 11) is 0. The zero-order chi connectivity index (χ0) is 9.84. The van der Waals surface area contributed by atoms with E-state index in [0.717, 1.165) is 0 Å².